The number of para-hydroxylation sites is 3. The topological polar surface area (TPSA) is 48.5 Å². The average molecular weight is 812 g/mol. The van der Waals surface area contributed by atoms with Gasteiger partial charge < -0.3 is 0 Å². The van der Waals surface area contributed by atoms with Crippen molar-refractivity contribution in [3.8, 4) is 67.8 Å². The summed E-state index contributed by atoms with van der Waals surface area (Å²) < 4.78 is 182. The molecule has 62 heavy (non-hydrogen) atoms. The molecule has 0 fully saturated rings. The van der Waals surface area contributed by atoms with E-state index in [1.807, 2.05) is 78.9 Å². The molecular formula is C57H37N5. The maximum atomic E-state index is 9.95. The molecule has 12 aromatic rings. The lowest BCUT2D eigenvalue weighted by Crippen LogP contribution is -2.10. The average Bonchev–Trinajstić information content (AvgIpc) is 2.38. The van der Waals surface area contributed by atoms with Crippen molar-refractivity contribution in [2.45, 2.75) is 0 Å². The van der Waals surface area contributed by atoms with E-state index < -0.39 is 171 Å². The van der Waals surface area contributed by atoms with Crippen LogP contribution in [0.4, 0.5) is 0 Å². The molecule has 0 bridgehead atoms. The summed E-state index contributed by atoms with van der Waals surface area (Å²) in [7, 11) is 0. The van der Waals surface area contributed by atoms with E-state index in [2.05, 4.69) is 0 Å². The Kier molecular flexibility index (Phi) is 4.91. The number of nitrogens with zero attached hydrogens (tertiary/aromatic N) is 5. The SMILES string of the molecule is [2H]c1c([2H])c([2H])c(-c2c([2H])c([2H])c3c4c([2H])c([2H])c([2H])c([2H])c4n(-c4nc(-c5ccccc5-c5ccc(-c6ccc(-c7ccccc7)cc6)cc5)nc(-n5c6c([2H])c([2H])c([2H])c([2H])c6c6c([2H])c([2H])c([2H])c([2H])c65)n4)c3c2[2H])c([2H])c1[2H]. The summed E-state index contributed by atoms with van der Waals surface area (Å²) in [6, 6.07) is 17.3. The Bertz CT molecular complexity index is 4690. The molecule has 3 heterocycles. The van der Waals surface area contributed by atoms with Crippen molar-refractivity contribution in [1.82, 2.24) is 24.1 Å². The highest BCUT2D eigenvalue weighted by molar-refractivity contribution is 6.11. The quantitative estimate of drug-likeness (QED) is 0.161. The van der Waals surface area contributed by atoms with Crippen LogP contribution in [0.25, 0.3) is 111 Å². The molecule has 0 saturated carbocycles. The van der Waals surface area contributed by atoms with Gasteiger partial charge in [0, 0.05) is 27.1 Å². The minimum absolute atomic E-state index is 0.232. The van der Waals surface area contributed by atoms with E-state index in [1.165, 1.54) is 0 Å². The van der Waals surface area contributed by atoms with Crippen molar-refractivity contribution in [3.05, 3.63) is 224 Å². The van der Waals surface area contributed by atoms with Crippen molar-refractivity contribution in [2.24, 2.45) is 0 Å². The number of hydrogen-bond donors (Lipinski definition) is 0. The fourth-order valence-corrected chi connectivity index (χ4v) is 7.76. The molecule has 0 N–H and O–H groups in total. The van der Waals surface area contributed by atoms with Gasteiger partial charge in [-0.25, -0.2) is 0 Å². The number of aromatic nitrogens is 5. The minimum atomic E-state index is -0.825. The van der Waals surface area contributed by atoms with Gasteiger partial charge in [0.1, 0.15) is 0 Å². The number of benzene rings is 9. The fraction of sp³-hybridized carbons (Fsp3) is 0. The molecule has 5 heteroatoms. The predicted molar refractivity (Wildman–Crippen MR) is 256 cm³/mol. The van der Waals surface area contributed by atoms with Crippen LogP contribution in [0.5, 0.6) is 0 Å². The van der Waals surface area contributed by atoms with Crippen molar-refractivity contribution in [2.75, 3.05) is 0 Å². The van der Waals surface area contributed by atoms with Crippen LogP contribution in [0.2, 0.25) is 0 Å². The van der Waals surface area contributed by atoms with E-state index in [0.29, 0.717) is 11.1 Å². The fourth-order valence-electron chi connectivity index (χ4n) is 7.76. The minimum Gasteiger partial charge on any atom is -0.278 e. The zero-order valence-electron chi connectivity index (χ0n) is 52.1. The van der Waals surface area contributed by atoms with Crippen LogP contribution < -0.4 is 0 Å². The van der Waals surface area contributed by atoms with Gasteiger partial charge in [-0.2, -0.15) is 15.0 Å². The summed E-state index contributed by atoms with van der Waals surface area (Å²) in [5.74, 6) is -1.39. The second-order valence-electron chi connectivity index (χ2n) is 14.1. The molecule has 0 unspecified atom stereocenters. The van der Waals surface area contributed by atoms with Gasteiger partial charge in [-0.1, -0.05) is 200 Å². The zero-order valence-corrected chi connectivity index (χ0v) is 32.1. The number of hydrogen-bond acceptors (Lipinski definition) is 3. The van der Waals surface area contributed by atoms with Gasteiger partial charge in [0.05, 0.1) is 49.5 Å². The van der Waals surface area contributed by atoms with Crippen molar-refractivity contribution < 1.29 is 27.4 Å². The summed E-state index contributed by atoms with van der Waals surface area (Å²) in [6.45, 7) is 0. The smallest absolute Gasteiger partial charge is 0.240 e. The molecule has 0 radical (unpaired) electrons. The van der Waals surface area contributed by atoms with Gasteiger partial charge in [-0.3, -0.25) is 9.13 Å². The van der Waals surface area contributed by atoms with E-state index in [9.17, 15) is 9.60 Å². The first kappa shape index (κ1) is 20.7. The van der Waals surface area contributed by atoms with Gasteiger partial charge in [-0.05, 0) is 68.7 Å². The highest BCUT2D eigenvalue weighted by Gasteiger charge is 2.22. The van der Waals surface area contributed by atoms with Crippen LogP contribution in [0.3, 0.4) is 0 Å². The Balaban J connectivity index is 1.21. The highest BCUT2D eigenvalue weighted by Crippen LogP contribution is 2.38. The highest BCUT2D eigenvalue weighted by atomic mass is 15.3. The summed E-state index contributed by atoms with van der Waals surface area (Å²) in [6.07, 6.45) is 0. The molecule has 12 rings (SSSR count). The number of fused-ring (bicyclic) bond motifs is 6. The Morgan fingerprint density at radius 3 is 1.31 bits per heavy atom. The van der Waals surface area contributed by atoms with Crippen LogP contribution >= 0.6 is 0 Å². The Morgan fingerprint density at radius 2 is 0.742 bits per heavy atom. The monoisotopic (exact) mass is 811 g/mol. The Labute approximate surface area is 386 Å². The van der Waals surface area contributed by atoms with Crippen LogP contribution in [-0.4, -0.2) is 24.1 Å². The summed E-state index contributed by atoms with van der Waals surface area (Å²) >= 11 is 0. The molecule has 3 aromatic heterocycles. The maximum Gasteiger partial charge on any atom is 0.240 e. The standard InChI is InChI=1S/C57H37N5/c1-3-15-38(16-4-1)40-27-29-41(30-28-40)42-31-33-43(34-32-42)45-19-7-8-23-50(45)55-58-56(61-51-24-12-9-20-46(51)47-21-10-13-25-52(47)61)60-57(59-55)62-53-26-14-11-22-48(53)49-36-35-44(37-54(49)62)39-17-5-2-6-18-39/h1-37H/i2D,5D,6D,9D,10D,11D,12D,13D,14D,17D,18D,20D,21D,22D,24D,25D,26D,35D,36D,37D. The van der Waals surface area contributed by atoms with E-state index >= 15 is 0 Å². The second kappa shape index (κ2) is 14.7. The normalized spacial score (nSPS) is 16.1. The third-order valence-electron chi connectivity index (χ3n) is 10.6. The predicted octanol–water partition coefficient (Wildman–Crippen LogP) is 14.4. The van der Waals surface area contributed by atoms with Gasteiger partial charge in [0.15, 0.2) is 5.82 Å². The molecule has 0 amide bonds. The molecule has 0 atom stereocenters. The second-order valence-corrected chi connectivity index (χ2v) is 14.1. The van der Waals surface area contributed by atoms with Gasteiger partial charge in [0.25, 0.3) is 0 Å². The van der Waals surface area contributed by atoms with E-state index in [4.69, 9.17) is 32.8 Å². The van der Waals surface area contributed by atoms with Crippen LogP contribution in [0, 0.1) is 0 Å². The first-order valence-electron chi connectivity index (χ1n) is 29.3. The summed E-state index contributed by atoms with van der Waals surface area (Å²) in [4.78, 5) is 14.7. The van der Waals surface area contributed by atoms with Gasteiger partial charge in [-0.15, -0.1) is 0 Å². The number of rotatable bonds is 7. The third kappa shape index (κ3) is 5.98. The molecule has 0 aliphatic rings. The molecule has 9 aromatic carbocycles. The largest absolute Gasteiger partial charge is 0.278 e. The summed E-state index contributed by atoms with van der Waals surface area (Å²) in [5, 5.41) is -1.45. The lowest BCUT2D eigenvalue weighted by molar-refractivity contribution is 0.893. The molecule has 5 nitrogen and oxygen atoms in total. The van der Waals surface area contributed by atoms with Crippen LogP contribution in [-0.2, 0) is 0 Å². The van der Waals surface area contributed by atoms with Crippen molar-refractivity contribution >= 4 is 43.6 Å². The van der Waals surface area contributed by atoms with Crippen molar-refractivity contribution in [3.63, 3.8) is 0 Å². The van der Waals surface area contributed by atoms with E-state index in [0.717, 1.165) is 31.4 Å². The van der Waals surface area contributed by atoms with Crippen LogP contribution in [0.1, 0.15) is 27.4 Å². The molecular weight excluding hydrogens is 755 g/mol. The Morgan fingerprint density at radius 1 is 0.306 bits per heavy atom. The van der Waals surface area contributed by atoms with Crippen LogP contribution in [0.15, 0.2) is 224 Å². The first-order valence-corrected chi connectivity index (χ1v) is 19.3. The van der Waals surface area contributed by atoms with Gasteiger partial charge >= 0.3 is 0 Å². The first-order chi connectivity index (χ1) is 39.1. The van der Waals surface area contributed by atoms with E-state index in [-0.39, 0.29) is 27.5 Å². The molecule has 290 valence electrons. The summed E-state index contributed by atoms with van der Waals surface area (Å²) in [5.41, 5.74) is 2.30. The molecule has 0 spiro atoms. The van der Waals surface area contributed by atoms with E-state index in [1.54, 1.807) is 24.3 Å². The lowest BCUT2D eigenvalue weighted by Gasteiger charge is -2.15. The van der Waals surface area contributed by atoms with Crippen molar-refractivity contribution in [1.29, 1.82) is 0 Å². The lowest BCUT2D eigenvalue weighted by atomic mass is 9.96. The third-order valence-corrected chi connectivity index (χ3v) is 10.6. The molecule has 0 saturated heterocycles. The van der Waals surface area contributed by atoms with Gasteiger partial charge in [0.2, 0.25) is 11.9 Å². The molecule has 0 aliphatic heterocycles. The Hall–Kier alpha value is -8.41. The maximum absolute atomic E-state index is 9.95. The zero-order chi connectivity index (χ0) is 58.4. The molecule has 0 aliphatic carbocycles.